The molecule has 4 heteroatoms. The first-order valence-electron chi connectivity index (χ1n) is 10.6. The van der Waals surface area contributed by atoms with Crippen molar-refractivity contribution in [1.29, 1.82) is 10.5 Å². The van der Waals surface area contributed by atoms with E-state index in [4.69, 9.17) is 0 Å². The second-order valence-corrected chi connectivity index (χ2v) is 12.9. The average Bonchev–Trinajstić information content (AvgIpc) is 2.84. The summed E-state index contributed by atoms with van der Waals surface area (Å²) < 4.78 is 0. The van der Waals surface area contributed by atoms with Gasteiger partial charge in [0.25, 0.3) is 0 Å². The van der Waals surface area contributed by atoms with E-state index in [0.29, 0.717) is 11.1 Å². The van der Waals surface area contributed by atoms with E-state index in [1.807, 2.05) is 12.1 Å². The van der Waals surface area contributed by atoms with E-state index < -0.39 is 8.07 Å². The summed E-state index contributed by atoms with van der Waals surface area (Å²) in [4.78, 5) is 2.34. The molecule has 0 saturated carbocycles. The van der Waals surface area contributed by atoms with Gasteiger partial charge in [-0.1, -0.05) is 61.6 Å². The molecule has 0 fully saturated rings. The smallest absolute Gasteiger partial charge is 0.117 e. The number of para-hydroxylation sites is 2. The van der Waals surface area contributed by atoms with Crippen LogP contribution in [-0.4, -0.2) is 8.07 Å². The van der Waals surface area contributed by atoms with Gasteiger partial charge in [-0.3, -0.25) is 0 Å². The van der Waals surface area contributed by atoms with Crippen LogP contribution in [0.3, 0.4) is 0 Å². The van der Waals surface area contributed by atoms with Crippen molar-refractivity contribution >= 4 is 35.5 Å². The molecule has 0 atom stereocenters. The molecule has 4 aromatic carbocycles. The summed E-state index contributed by atoms with van der Waals surface area (Å²) in [7, 11) is -1.80. The third-order valence-corrected chi connectivity index (χ3v) is 9.88. The van der Waals surface area contributed by atoms with Crippen molar-refractivity contribution in [3.8, 4) is 23.3 Å². The molecule has 1 aliphatic rings. The predicted molar refractivity (Wildman–Crippen MR) is 133 cm³/mol. The van der Waals surface area contributed by atoms with Crippen LogP contribution in [0.25, 0.3) is 11.1 Å². The first-order chi connectivity index (χ1) is 15.5. The van der Waals surface area contributed by atoms with Crippen molar-refractivity contribution in [2.45, 2.75) is 13.1 Å². The summed E-state index contributed by atoms with van der Waals surface area (Å²) in [5.74, 6) is 0. The normalized spacial score (nSPS) is 13.4. The van der Waals surface area contributed by atoms with Gasteiger partial charge in [-0.2, -0.15) is 10.5 Å². The van der Waals surface area contributed by atoms with Crippen LogP contribution in [0.15, 0.2) is 91.0 Å². The minimum atomic E-state index is -1.80. The van der Waals surface area contributed by atoms with Crippen LogP contribution in [0.1, 0.15) is 11.1 Å². The van der Waals surface area contributed by atoms with E-state index in [-0.39, 0.29) is 0 Å². The fourth-order valence-corrected chi connectivity index (χ4v) is 7.67. The fraction of sp³-hybridized carbons (Fsp3) is 0.0714. The Morgan fingerprint density at radius 3 is 1.84 bits per heavy atom. The topological polar surface area (TPSA) is 50.8 Å². The van der Waals surface area contributed by atoms with Gasteiger partial charge in [0.05, 0.1) is 23.3 Å². The molecule has 32 heavy (non-hydrogen) atoms. The SMILES string of the molecule is C[Si]1(C)c2ccccc2N(c2ccc(-c3cc(C#N)ccc3C#N)cc2)c2ccccc21. The van der Waals surface area contributed by atoms with Gasteiger partial charge in [-0.25, -0.2) is 0 Å². The molecule has 0 N–H and O–H groups in total. The van der Waals surface area contributed by atoms with Crippen molar-refractivity contribution in [3.05, 3.63) is 102 Å². The van der Waals surface area contributed by atoms with Crippen LogP contribution in [0.2, 0.25) is 13.1 Å². The Bertz CT molecular complexity index is 1370. The van der Waals surface area contributed by atoms with E-state index in [1.54, 1.807) is 18.2 Å². The summed E-state index contributed by atoms with van der Waals surface area (Å²) in [6, 6.07) is 35.3. The molecule has 0 bridgehead atoms. The van der Waals surface area contributed by atoms with Crippen LogP contribution in [0, 0.1) is 22.7 Å². The highest BCUT2D eigenvalue weighted by Gasteiger charge is 2.38. The highest BCUT2D eigenvalue weighted by molar-refractivity contribution is 7.02. The van der Waals surface area contributed by atoms with E-state index in [2.05, 4.69) is 90.8 Å². The summed E-state index contributed by atoms with van der Waals surface area (Å²) in [6.07, 6.45) is 0. The Balaban J connectivity index is 1.65. The van der Waals surface area contributed by atoms with Gasteiger partial charge in [0.1, 0.15) is 8.07 Å². The lowest BCUT2D eigenvalue weighted by Gasteiger charge is -2.41. The summed E-state index contributed by atoms with van der Waals surface area (Å²) in [5.41, 5.74) is 6.38. The minimum absolute atomic E-state index is 0.550. The largest absolute Gasteiger partial charge is 0.311 e. The molecule has 0 radical (unpaired) electrons. The predicted octanol–water partition coefficient (Wildman–Crippen LogP) is 5.70. The maximum absolute atomic E-state index is 9.53. The number of fused-ring (bicyclic) bond motifs is 2. The molecular formula is C28H21N3Si. The molecule has 1 aliphatic heterocycles. The van der Waals surface area contributed by atoms with Crippen LogP contribution >= 0.6 is 0 Å². The molecule has 3 nitrogen and oxygen atoms in total. The number of benzene rings is 4. The van der Waals surface area contributed by atoms with Gasteiger partial charge >= 0.3 is 0 Å². The highest BCUT2D eigenvalue weighted by atomic mass is 28.3. The second-order valence-electron chi connectivity index (χ2n) is 8.53. The maximum atomic E-state index is 9.53. The van der Waals surface area contributed by atoms with Crippen LogP contribution in [-0.2, 0) is 0 Å². The van der Waals surface area contributed by atoms with Gasteiger partial charge in [0.15, 0.2) is 0 Å². The zero-order chi connectivity index (χ0) is 22.3. The van der Waals surface area contributed by atoms with Crippen molar-refractivity contribution < 1.29 is 0 Å². The van der Waals surface area contributed by atoms with E-state index in [1.165, 1.54) is 21.7 Å². The van der Waals surface area contributed by atoms with E-state index >= 15 is 0 Å². The quantitative estimate of drug-likeness (QED) is 0.385. The average molecular weight is 428 g/mol. The highest BCUT2D eigenvalue weighted by Crippen LogP contribution is 2.38. The van der Waals surface area contributed by atoms with Gasteiger partial charge < -0.3 is 4.90 Å². The van der Waals surface area contributed by atoms with Crippen LogP contribution < -0.4 is 15.3 Å². The number of rotatable bonds is 2. The maximum Gasteiger partial charge on any atom is 0.117 e. The van der Waals surface area contributed by atoms with E-state index in [9.17, 15) is 10.5 Å². The number of hydrogen-bond acceptors (Lipinski definition) is 3. The standard InChI is InChI=1S/C28H21N3Si/c1-32(2)27-9-5-3-7-25(27)31(26-8-4-6-10-28(26)32)23-15-13-21(14-16-23)24-17-20(18-29)11-12-22(24)19-30/h3-17H,1-2H3. The molecule has 152 valence electrons. The molecule has 0 spiro atoms. The Kier molecular flexibility index (Phi) is 4.67. The molecule has 5 rings (SSSR count). The third kappa shape index (κ3) is 3.02. The van der Waals surface area contributed by atoms with Gasteiger partial charge in [0, 0.05) is 22.6 Å². The number of nitrogens with zero attached hydrogens (tertiary/aromatic N) is 3. The second kappa shape index (κ2) is 7.53. The molecule has 1 heterocycles. The van der Waals surface area contributed by atoms with Crippen molar-refractivity contribution in [2.24, 2.45) is 0 Å². The molecule has 0 amide bonds. The monoisotopic (exact) mass is 427 g/mol. The summed E-state index contributed by atoms with van der Waals surface area (Å²) >= 11 is 0. The third-order valence-electron chi connectivity index (χ3n) is 6.34. The zero-order valence-electron chi connectivity index (χ0n) is 18.0. The molecule has 0 saturated heterocycles. The lowest BCUT2D eigenvalue weighted by Crippen LogP contribution is -2.58. The number of hydrogen-bond donors (Lipinski definition) is 0. The minimum Gasteiger partial charge on any atom is -0.311 e. The van der Waals surface area contributed by atoms with Crippen molar-refractivity contribution in [3.63, 3.8) is 0 Å². The summed E-state index contributed by atoms with van der Waals surface area (Å²) in [5, 5.41) is 21.7. The lowest BCUT2D eigenvalue weighted by atomic mass is 9.97. The first kappa shape index (κ1) is 19.8. The molecule has 0 aliphatic carbocycles. The molecule has 4 aromatic rings. The Morgan fingerprint density at radius 2 is 1.28 bits per heavy atom. The number of anilines is 3. The van der Waals surface area contributed by atoms with Crippen LogP contribution in [0.4, 0.5) is 17.1 Å². The lowest BCUT2D eigenvalue weighted by molar-refractivity contribution is 1.28. The summed E-state index contributed by atoms with van der Waals surface area (Å²) in [6.45, 7) is 4.83. The van der Waals surface area contributed by atoms with Crippen molar-refractivity contribution in [2.75, 3.05) is 4.90 Å². The Hall–Kier alpha value is -4.12. The Labute approximate surface area is 189 Å². The molecule has 0 unspecified atom stereocenters. The Morgan fingerprint density at radius 1 is 0.688 bits per heavy atom. The van der Waals surface area contributed by atoms with Crippen molar-refractivity contribution in [1.82, 2.24) is 0 Å². The van der Waals surface area contributed by atoms with Gasteiger partial charge in [0.2, 0.25) is 0 Å². The van der Waals surface area contributed by atoms with E-state index in [0.717, 1.165) is 16.8 Å². The van der Waals surface area contributed by atoms with Gasteiger partial charge in [-0.15, -0.1) is 0 Å². The number of nitriles is 2. The first-order valence-corrected chi connectivity index (χ1v) is 13.6. The van der Waals surface area contributed by atoms with Gasteiger partial charge in [-0.05, 0) is 58.4 Å². The molecule has 0 aromatic heterocycles. The fourth-order valence-electron chi connectivity index (χ4n) is 4.69. The molecular weight excluding hydrogens is 406 g/mol. The zero-order valence-corrected chi connectivity index (χ0v) is 19.0. The van der Waals surface area contributed by atoms with Crippen LogP contribution in [0.5, 0.6) is 0 Å².